The lowest BCUT2D eigenvalue weighted by atomic mass is 9.87. The molecular formula is C28H22F6O2S2. The molecule has 0 atom stereocenters. The van der Waals surface area contributed by atoms with Crippen molar-refractivity contribution in [1.82, 2.24) is 0 Å². The van der Waals surface area contributed by atoms with Gasteiger partial charge in [-0.2, -0.15) is 17.6 Å². The summed E-state index contributed by atoms with van der Waals surface area (Å²) in [6.45, 7) is 2.90. The summed E-state index contributed by atoms with van der Waals surface area (Å²) in [6, 6.07) is 14.2. The molecule has 0 saturated heterocycles. The monoisotopic (exact) mass is 568 g/mol. The van der Waals surface area contributed by atoms with Crippen LogP contribution in [-0.2, 0) is 0 Å². The Bertz CT molecular complexity index is 1480. The topological polar surface area (TPSA) is 40.5 Å². The number of hydrogen-bond donors (Lipinski definition) is 2. The first kappa shape index (κ1) is 27.8. The number of phenols is 2. The molecule has 0 aliphatic rings. The molecule has 0 spiro atoms. The van der Waals surface area contributed by atoms with Crippen LogP contribution in [0.1, 0.15) is 27.8 Å². The van der Waals surface area contributed by atoms with Crippen molar-refractivity contribution in [3.63, 3.8) is 0 Å². The van der Waals surface area contributed by atoms with Gasteiger partial charge in [0.05, 0.1) is 0 Å². The second-order valence-corrected chi connectivity index (χ2v) is 11.3. The smallest absolute Gasteiger partial charge is 0.336 e. The van der Waals surface area contributed by atoms with Crippen molar-refractivity contribution in [2.75, 3.05) is 0 Å². The molecule has 2 aromatic carbocycles. The summed E-state index contributed by atoms with van der Waals surface area (Å²) in [4.78, 5) is 1.26. The second kappa shape index (κ2) is 10.1. The van der Waals surface area contributed by atoms with Crippen LogP contribution in [0, 0.1) is 13.8 Å². The van der Waals surface area contributed by atoms with E-state index < -0.39 is 35.0 Å². The van der Waals surface area contributed by atoms with Gasteiger partial charge in [0.2, 0.25) is 0 Å². The molecule has 2 aromatic heterocycles. The van der Waals surface area contributed by atoms with Gasteiger partial charge in [0.1, 0.15) is 11.5 Å². The number of hydrogen-bond acceptors (Lipinski definition) is 4. The van der Waals surface area contributed by atoms with Crippen molar-refractivity contribution in [2.45, 2.75) is 39.0 Å². The summed E-state index contributed by atoms with van der Waals surface area (Å²) >= 11 is 2.06. The Kier molecular flexibility index (Phi) is 7.42. The Morgan fingerprint density at radius 3 is 1.50 bits per heavy atom. The molecule has 4 rings (SSSR count). The number of rotatable bonds is 7. The molecule has 0 fully saturated rings. The summed E-state index contributed by atoms with van der Waals surface area (Å²) in [5.41, 5.74) is -2.16. The minimum Gasteiger partial charge on any atom is -0.508 e. The van der Waals surface area contributed by atoms with Gasteiger partial charge in [0.25, 0.3) is 6.43 Å². The normalized spacial score (nSPS) is 13.2. The molecule has 2 heterocycles. The SMILES string of the molecule is Cc1sc(-c2ccc(O)cc2)cc1/C(=C(\c1cc(-c2ccc(O)cc2)sc1C)C(F)(F)C(C)(F)F)C(F)F. The van der Waals surface area contributed by atoms with E-state index in [-0.39, 0.29) is 33.7 Å². The summed E-state index contributed by atoms with van der Waals surface area (Å²) < 4.78 is 89.3. The van der Waals surface area contributed by atoms with Gasteiger partial charge in [0, 0.05) is 37.6 Å². The molecule has 2 nitrogen and oxygen atoms in total. The Hall–Kier alpha value is -3.24. The molecule has 0 aliphatic heterocycles. The first-order chi connectivity index (χ1) is 17.7. The van der Waals surface area contributed by atoms with Gasteiger partial charge in [-0.25, -0.2) is 8.78 Å². The zero-order chi connectivity index (χ0) is 28.0. The third-order valence-electron chi connectivity index (χ3n) is 6.05. The Morgan fingerprint density at radius 1 is 0.711 bits per heavy atom. The summed E-state index contributed by atoms with van der Waals surface area (Å²) in [7, 11) is 0. The van der Waals surface area contributed by atoms with E-state index in [0.717, 1.165) is 22.7 Å². The fourth-order valence-electron chi connectivity index (χ4n) is 4.08. The number of aryl methyl sites for hydroxylation is 2. The summed E-state index contributed by atoms with van der Waals surface area (Å²) in [5.74, 6) is -9.61. The van der Waals surface area contributed by atoms with Gasteiger partial charge in [-0.3, -0.25) is 0 Å². The zero-order valence-corrected chi connectivity index (χ0v) is 22.0. The van der Waals surface area contributed by atoms with Gasteiger partial charge < -0.3 is 10.2 Å². The van der Waals surface area contributed by atoms with Crippen LogP contribution in [0.4, 0.5) is 26.3 Å². The molecule has 0 radical (unpaired) electrons. The van der Waals surface area contributed by atoms with Crippen molar-refractivity contribution in [2.24, 2.45) is 0 Å². The highest BCUT2D eigenvalue weighted by molar-refractivity contribution is 7.16. The van der Waals surface area contributed by atoms with E-state index in [1.165, 1.54) is 62.4 Å². The lowest BCUT2D eigenvalue weighted by molar-refractivity contribution is -0.159. The average Bonchev–Trinajstić information content (AvgIpc) is 3.39. The van der Waals surface area contributed by atoms with Crippen LogP contribution in [0.15, 0.2) is 60.7 Å². The third kappa shape index (κ3) is 5.19. The molecule has 2 N–H and O–H groups in total. The first-order valence-electron chi connectivity index (χ1n) is 11.3. The van der Waals surface area contributed by atoms with E-state index >= 15 is 8.78 Å². The maximum Gasteiger partial charge on any atom is 0.336 e. The van der Waals surface area contributed by atoms with Crippen molar-refractivity contribution < 1.29 is 36.6 Å². The van der Waals surface area contributed by atoms with Crippen molar-refractivity contribution in [3.8, 4) is 32.4 Å². The molecule has 0 amide bonds. The summed E-state index contributed by atoms with van der Waals surface area (Å²) in [6.07, 6.45) is -3.49. The van der Waals surface area contributed by atoms with E-state index in [4.69, 9.17) is 0 Å². The van der Waals surface area contributed by atoms with Gasteiger partial charge >= 0.3 is 11.8 Å². The number of phenolic OH excluding ortho intramolecular Hbond substituents is 2. The van der Waals surface area contributed by atoms with Crippen LogP contribution in [0.3, 0.4) is 0 Å². The minimum atomic E-state index is -4.93. The van der Waals surface area contributed by atoms with E-state index in [0.29, 0.717) is 20.9 Å². The van der Waals surface area contributed by atoms with Gasteiger partial charge in [-0.05, 0) is 96.8 Å². The van der Waals surface area contributed by atoms with Crippen molar-refractivity contribution in [1.29, 1.82) is 0 Å². The van der Waals surface area contributed by atoms with Crippen molar-refractivity contribution in [3.05, 3.63) is 81.5 Å². The van der Waals surface area contributed by atoms with Crippen LogP contribution in [0.25, 0.3) is 32.0 Å². The highest BCUT2D eigenvalue weighted by Gasteiger charge is 2.57. The van der Waals surface area contributed by atoms with Crippen LogP contribution in [-0.4, -0.2) is 28.5 Å². The standard InChI is InChI=1S/C28H22F6O2S2/c1-14-20(12-22(37-14)16-4-8-18(35)9-5-16)24(26(29)30)25(28(33,34)27(3,31)32)21-13-23(38-15(21)2)17-6-10-19(36)11-7-17/h4-13,26,35-36H,1-3H3/b25-24-. The van der Waals surface area contributed by atoms with Crippen molar-refractivity contribution >= 4 is 33.8 Å². The molecule has 0 saturated carbocycles. The Morgan fingerprint density at radius 2 is 1.11 bits per heavy atom. The number of aromatic hydroxyl groups is 2. The Balaban J connectivity index is 2.01. The van der Waals surface area contributed by atoms with Gasteiger partial charge in [-0.1, -0.05) is 0 Å². The molecule has 10 heteroatoms. The molecule has 0 aliphatic carbocycles. The van der Waals surface area contributed by atoms with Crippen LogP contribution in [0.2, 0.25) is 0 Å². The first-order valence-corrected chi connectivity index (χ1v) is 12.9. The maximum atomic E-state index is 15.5. The molecular weight excluding hydrogens is 546 g/mol. The molecule has 38 heavy (non-hydrogen) atoms. The summed E-state index contributed by atoms with van der Waals surface area (Å²) in [5, 5.41) is 19.1. The lowest BCUT2D eigenvalue weighted by Gasteiger charge is -2.28. The van der Waals surface area contributed by atoms with Gasteiger partial charge in [-0.15, -0.1) is 22.7 Å². The van der Waals surface area contributed by atoms with Gasteiger partial charge in [0.15, 0.2) is 0 Å². The highest BCUT2D eigenvalue weighted by Crippen LogP contribution is 2.52. The number of halogens is 6. The average molecular weight is 569 g/mol. The highest BCUT2D eigenvalue weighted by atomic mass is 32.1. The predicted octanol–water partition coefficient (Wildman–Crippen LogP) is 9.64. The van der Waals surface area contributed by atoms with E-state index in [1.807, 2.05) is 0 Å². The second-order valence-electron chi connectivity index (χ2n) is 8.81. The number of allylic oxidation sites excluding steroid dienone is 2. The fraction of sp³-hybridized carbons (Fsp3) is 0.214. The number of benzene rings is 2. The minimum absolute atomic E-state index is 0.0140. The van der Waals surface area contributed by atoms with E-state index in [1.54, 1.807) is 12.1 Å². The van der Waals surface area contributed by atoms with E-state index in [9.17, 15) is 27.8 Å². The maximum absolute atomic E-state index is 15.5. The number of thiophene rings is 2. The molecule has 0 unspecified atom stereocenters. The van der Waals surface area contributed by atoms with Crippen LogP contribution in [0.5, 0.6) is 11.5 Å². The van der Waals surface area contributed by atoms with E-state index in [2.05, 4.69) is 0 Å². The van der Waals surface area contributed by atoms with Crippen LogP contribution < -0.4 is 0 Å². The number of alkyl halides is 6. The lowest BCUT2D eigenvalue weighted by Crippen LogP contribution is -2.39. The quantitative estimate of drug-likeness (QED) is 0.218. The Labute approximate surface area is 223 Å². The predicted molar refractivity (Wildman–Crippen MR) is 141 cm³/mol. The molecule has 0 bridgehead atoms. The fourth-order valence-corrected chi connectivity index (χ4v) is 6.15. The molecule has 200 valence electrons. The zero-order valence-electron chi connectivity index (χ0n) is 20.3. The third-order valence-corrected chi connectivity index (χ3v) is 8.25. The molecule has 4 aromatic rings. The van der Waals surface area contributed by atoms with Crippen LogP contribution >= 0.6 is 22.7 Å². The largest absolute Gasteiger partial charge is 0.508 e.